The third-order valence-electron chi connectivity index (χ3n) is 3.84. The summed E-state index contributed by atoms with van der Waals surface area (Å²) in [4.78, 5) is 23.4. The Kier molecular flexibility index (Phi) is 8.14. The van der Waals surface area contributed by atoms with Crippen LogP contribution in [-0.2, 0) is 4.79 Å². The smallest absolute Gasteiger partial charge is 0.335 e. The van der Waals surface area contributed by atoms with E-state index < -0.39 is 5.97 Å². The fraction of sp³-hybridized carbons (Fsp3) is 0.333. The van der Waals surface area contributed by atoms with Crippen LogP contribution in [0.1, 0.15) is 36.5 Å². The van der Waals surface area contributed by atoms with Gasteiger partial charge < -0.3 is 24.6 Å². The van der Waals surface area contributed by atoms with Crippen LogP contribution in [-0.4, -0.2) is 37.3 Å². The first-order chi connectivity index (χ1) is 13.5. The number of hydrogen-bond donors (Lipinski definition) is 2. The topological polar surface area (TPSA) is 94.1 Å². The van der Waals surface area contributed by atoms with E-state index in [9.17, 15) is 9.59 Å². The Bertz CT molecular complexity index is 788. The number of rotatable bonds is 11. The van der Waals surface area contributed by atoms with E-state index in [1.165, 1.54) is 12.1 Å². The van der Waals surface area contributed by atoms with E-state index in [-0.39, 0.29) is 17.9 Å². The molecule has 2 aromatic carbocycles. The Balaban J connectivity index is 1.86. The number of ether oxygens (including phenoxy) is 3. The summed E-state index contributed by atoms with van der Waals surface area (Å²) in [6.07, 6.45) is 1.55. The van der Waals surface area contributed by atoms with Crippen LogP contribution in [0.2, 0.25) is 0 Å². The molecule has 0 aromatic heterocycles. The number of carbonyl (C=O) groups excluding carboxylic acids is 1. The highest BCUT2D eigenvalue weighted by molar-refractivity contribution is 5.95. The Hall–Kier alpha value is -3.22. The number of hydrogen-bond acceptors (Lipinski definition) is 5. The highest BCUT2D eigenvalue weighted by Crippen LogP contribution is 2.26. The van der Waals surface area contributed by atoms with Gasteiger partial charge in [0.15, 0.2) is 0 Å². The predicted octanol–water partition coefficient (Wildman–Crippen LogP) is 3.98. The molecule has 0 heterocycles. The van der Waals surface area contributed by atoms with Crippen LogP contribution in [0.4, 0.5) is 5.69 Å². The molecular weight excluding hydrogens is 362 g/mol. The zero-order valence-corrected chi connectivity index (χ0v) is 16.1. The number of amides is 1. The molecule has 150 valence electrons. The summed E-state index contributed by atoms with van der Waals surface area (Å²) in [5.74, 6) is 0.601. The van der Waals surface area contributed by atoms with Crippen molar-refractivity contribution in [1.82, 2.24) is 0 Å². The maximum Gasteiger partial charge on any atom is 0.335 e. The molecule has 28 heavy (non-hydrogen) atoms. The van der Waals surface area contributed by atoms with Gasteiger partial charge in [-0.2, -0.15) is 0 Å². The number of carboxylic acid groups (broad SMARTS) is 1. The van der Waals surface area contributed by atoms with Crippen molar-refractivity contribution in [2.24, 2.45) is 0 Å². The molecule has 0 spiro atoms. The molecule has 2 rings (SSSR count). The SMILES string of the molecule is CCCOc1ccc(C(=O)O)cc1NC(=O)CCCOc1ccc(OC)cc1. The van der Waals surface area contributed by atoms with Crippen LogP contribution in [0, 0.1) is 0 Å². The van der Waals surface area contributed by atoms with Gasteiger partial charge >= 0.3 is 5.97 Å². The molecule has 0 saturated heterocycles. The second kappa shape index (κ2) is 10.8. The molecule has 0 aliphatic rings. The number of aromatic carboxylic acids is 1. The van der Waals surface area contributed by atoms with Gasteiger partial charge in [-0.1, -0.05) is 6.92 Å². The molecule has 0 atom stereocenters. The first-order valence-corrected chi connectivity index (χ1v) is 9.10. The Labute approximate surface area is 164 Å². The van der Waals surface area contributed by atoms with Crippen molar-refractivity contribution in [3.05, 3.63) is 48.0 Å². The van der Waals surface area contributed by atoms with Crippen molar-refractivity contribution >= 4 is 17.6 Å². The molecular formula is C21H25NO6. The van der Waals surface area contributed by atoms with E-state index in [1.54, 1.807) is 37.4 Å². The summed E-state index contributed by atoms with van der Waals surface area (Å²) >= 11 is 0. The van der Waals surface area contributed by atoms with Crippen molar-refractivity contribution in [3.63, 3.8) is 0 Å². The molecule has 0 unspecified atom stereocenters. The van der Waals surface area contributed by atoms with Crippen LogP contribution in [0.15, 0.2) is 42.5 Å². The second-order valence-corrected chi connectivity index (χ2v) is 6.04. The number of anilines is 1. The van der Waals surface area contributed by atoms with E-state index in [0.717, 1.165) is 12.2 Å². The lowest BCUT2D eigenvalue weighted by Crippen LogP contribution is -2.14. The third-order valence-corrected chi connectivity index (χ3v) is 3.84. The second-order valence-electron chi connectivity index (χ2n) is 6.04. The maximum atomic E-state index is 12.2. The number of carboxylic acids is 1. The van der Waals surface area contributed by atoms with Gasteiger partial charge in [-0.15, -0.1) is 0 Å². The number of nitrogens with one attached hydrogen (secondary N) is 1. The van der Waals surface area contributed by atoms with Crippen molar-refractivity contribution in [3.8, 4) is 17.2 Å². The fourth-order valence-corrected chi connectivity index (χ4v) is 2.41. The summed E-state index contributed by atoms with van der Waals surface area (Å²) in [6, 6.07) is 11.6. The number of benzene rings is 2. The summed E-state index contributed by atoms with van der Waals surface area (Å²) in [5.41, 5.74) is 0.441. The summed E-state index contributed by atoms with van der Waals surface area (Å²) in [6.45, 7) is 2.83. The maximum absolute atomic E-state index is 12.2. The lowest BCUT2D eigenvalue weighted by Gasteiger charge is -2.13. The normalized spacial score (nSPS) is 10.2. The molecule has 2 aromatic rings. The van der Waals surface area contributed by atoms with Gasteiger partial charge in [0, 0.05) is 6.42 Å². The van der Waals surface area contributed by atoms with Gasteiger partial charge in [-0.25, -0.2) is 4.79 Å². The van der Waals surface area contributed by atoms with Gasteiger partial charge in [-0.3, -0.25) is 4.79 Å². The average Bonchev–Trinajstić information content (AvgIpc) is 2.70. The summed E-state index contributed by atoms with van der Waals surface area (Å²) in [5, 5.41) is 11.9. The standard InChI is InChI=1S/C21H25NO6/c1-3-12-28-19-11-6-15(21(24)25)14-18(19)22-20(23)5-4-13-27-17-9-7-16(26-2)8-10-17/h6-11,14H,3-5,12-13H2,1-2H3,(H,22,23)(H,24,25). The monoisotopic (exact) mass is 387 g/mol. The molecule has 1 amide bonds. The fourth-order valence-electron chi connectivity index (χ4n) is 2.41. The summed E-state index contributed by atoms with van der Waals surface area (Å²) < 4.78 is 16.3. The van der Waals surface area contributed by atoms with Gasteiger partial charge in [0.25, 0.3) is 0 Å². The molecule has 0 radical (unpaired) electrons. The molecule has 7 heteroatoms. The van der Waals surface area contributed by atoms with E-state index in [0.29, 0.717) is 36.8 Å². The molecule has 0 saturated carbocycles. The molecule has 2 N–H and O–H groups in total. The van der Waals surface area contributed by atoms with Gasteiger partial charge in [0.05, 0.1) is 31.6 Å². The van der Waals surface area contributed by atoms with Crippen molar-refractivity contribution in [2.45, 2.75) is 26.2 Å². The van der Waals surface area contributed by atoms with Crippen LogP contribution >= 0.6 is 0 Å². The van der Waals surface area contributed by atoms with E-state index in [2.05, 4.69) is 5.32 Å². The van der Waals surface area contributed by atoms with Gasteiger partial charge in [-0.05, 0) is 55.3 Å². The van der Waals surface area contributed by atoms with Crippen LogP contribution in [0.5, 0.6) is 17.2 Å². The highest BCUT2D eigenvalue weighted by atomic mass is 16.5. The predicted molar refractivity (Wildman–Crippen MR) is 106 cm³/mol. The summed E-state index contributed by atoms with van der Waals surface area (Å²) in [7, 11) is 1.60. The average molecular weight is 387 g/mol. The molecule has 0 aliphatic heterocycles. The largest absolute Gasteiger partial charge is 0.497 e. The number of methoxy groups -OCH3 is 1. The third kappa shape index (κ3) is 6.50. The van der Waals surface area contributed by atoms with Gasteiger partial charge in [0.1, 0.15) is 17.2 Å². The van der Waals surface area contributed by atoms with Crippen LogP contribution in [0.3, 0.4) is 0 Å². The van der Waals surface area contributed by atoms with E-state index in [4.69, 9.17) is 19.3 Å². The van der Waals surface area contributed by atoms with E-state index in [1.807, 2.05) is 6.92 Å². The minimum atomic E-state index is -1.06. The Morgan fingerprint density at radius 3 is 2.36 bits per heavy atom. The molecule has 0 aliphatic carbocycles. The van der Waals surface area contributed by atoms with E-state index >= 15 is 0 Å². The van der Waals surface area contributed by atoms with Crippen molar-refractivity contribution < 1.29 is 28.9 Å². The quantitative estimate of drug-likeness (QED) is 0.567. The van der Waals surface area contributed by atoms with Crippen LogP contribution in [0.25, 0.3) is 0 Å². The Morgan fingerprint density at radius 1 is 1.00 bits per heavy atom. The molecule has 0 bridgehead atoms. The molecule has 7 nitrogen and oxygen atoms in total. The zero-order chi connectivity index (χ0) is 20.4. The minimum Gasteiger partial charge on any atom is -0.497 e. The Morgan fingerprint density at radius 2 is 1.71 bits per heavy atom. The lowest BCUT2D eigenvalue weighted by atomic mass is 10.1. The first-order valence-electron chi connectivity index (χ1n) is 9.10. The minimum absolute atomic E-state index is 0.0852. The molecule has 0 fully saturated rings. The lowest BCUT2D eigenvalue weighted by molar-refractivity contribution is -0.116. The zero-order valence-electron chi connectivity index (χ0n) is 16.1. The highest BCUT2D eigenvalue weighted by Gasteiger charge is 2.12. The van der Waals surface area contributed by atoms with Crippen LogP contribution < -0.4 is 19.5 Å². The van der Waals surface area contributed by atoms with Crippen molar-refractivity contribution in [1.29, 1.82) is 0 Å². The first kappa shape index (κ1) is 21.1. The van der Waals surface area contributed by atoms with Gasteiger partial charge in [0.2, 0.25) is 5.91 Å². The van der Waals surface area contributed by atoms with Crippen molar-refractivity contribution in [2.75, 3.05) is 25.6 Å². The number of carbonyl (C=O) groups is 2.